The zero-order chi connectivity index (χ0) is 16.2. The summed E-state index contributed by atoms with van der Waals surface area (Å²) in [5.41, 5.74) is 5.95. The van der Waals surface area contributed by atoms with Gasteiger partial charge in [-0.25, -0.2) is 0 Å². The summed E-state index contributed by atoms with van der Waals surface area (Å²) in [5, 5.41) is 0. The summed E-state index contributed by atoms with van der Waals surface area (Å²) in [7, 11) is 0. The smallest absolute Gasteiger partial charge is 0.143 e. The highest BCUT2D eigenvalue weighted by Gasteiger charge is 2.28. The topological polar surface area (TPSA) is 17.1 Å². The van der Waals surface area contributed by atoms with Crippen molar-refractivity contribution in [3.8, 4) is 0 Å². The number of allylic oxidation sites excluding steroid dienone is 8. The highest BCUT2D eigenvalue weighted by Crippen LogP contribution is 2.43. The molecule has 1 unspecified atom stereocenters. The monoisotopic (exact) mass is 298 g/mol. The second-order valence-corrected chi connectivity index (χ2v) is 7.56. The molecular formula is C21H30O. The van der Waals surface area contributed by atoms with Gasteiger partial charge in [-0.15, -0.1) is 0 Å². The van der Waals surface area contributed by atoms with E-state index in [9.17, 15) is 4.79 Å². The average molecular weight is 298 g/mol. The molecule has 1 heteroatoms. The van der Waals surface area contributed by atoms with Crippen LogP contribution in [-0.2, 0) is 4.79 Å². The van der Waals surface area contributed by atoms with Crippen LogP contribution in [0.5, 0.6) is 0 Å². The molecule has 0 saturated heterocycles. The number of hydrogen-bond donors (Lipinski definition) is 0. The van der Waals surface area contributed by atoms with Crippen molar-refractivity contribution < 1.29 is 4.79 Å². The van der Waals surface area contributed by atoms with Gasteiger partial charge in [-0.1, -0.05) is 50.1 Å². The summed E-state index contributed by atoms with van der Waals surface area (Å²) in [6.45, 7) is 9.26. The van der Waals surface area contributed by atoms with E-state index in [0.29, 0.717) is 11.3 Å². The van der Waals surface area contributed by atoms with E-state index in [0.717, 1.165) is 25.5 Å². The van der Waals surface area contributed by atoms with Crippen molar-refractivity contribution in [1.29, 1.82) is 0 Å². The SMILES string of the molecule is CC1=C(CC/C(=C\C=O)C2=CCC(C)C=C2)C(C)(C)CCC1. The van der Waals surface area contributed by atoms with Crippen LogP contribution in [0.15, 0.2) is 46.6 Å². The largest absolute Gasteiger partial charge is 0.299 e. The van der Waals surface area contributed by atoms with E-state index < -0.39 is 0 Å². The molecule has 0 aromatic carbocycles. The van der Waals surface area contributed by atoms with E-state index in [1.165, 1.54) is 30.4 Å². The first-order chi connectivity index (χ1) is 10.4. The Labute approximate surface area is 135 Å². The zero-order valence-corrected chi connectivity index (χ0v) is 14.6. The third-order valence-corrected chi connectivity index (χ3v) is 5.28. The minimum Gasteiger partial charge on any atom is -0.299 e. The first-order valence-corrected chi connectivity index (χ1v) is 8.66. The van der Waals surface area contributed by atoms with Crippen molar-refractivity contribution in [3.63, 3.8) is 0 Å². The van der Waals surface area contributed by atoms with Crippen LogP contribution in [0.1, 0.15) is 66.2 Å². The number of carbonyl (C=O) groups is 1. The maximum absolute atomic E-state index is 11.0. The van der Waals surface area contributed by atoms with E-state index in [-0.39, 0.29) is 0 Å². The Balaban J connectivity index is 2.12. The molecule has 0 aromatic rings. The van der Waals surface area contributed by atoms with Gasteiger partial charge in [0.15, 0.2) is 0 Å². The van der Waals surface area contributed by atoms with Crippen molar-refractivity contribution in [2.75, 3.05) is 0 Å². The molecule has 22 heavy (non-hydrogen) atoms. The molecule has 0 aliphatic heterocycles. The van der Waals surface area contributed by atoms with Crippen molar-refractivity contribution >= 4 is 6.29 Å². The standard InChI is InChI=1S/C21H30O/c1-16-7-9-18(10-8-16)19(13-15-22)11-12-20-17(2)6-5-14-21(20,3)4/h7,9-10,13,15-16H,5-6,8,11-12,14H2,1-4H3/b19-13+. The number of carbonyl (C=O) groups excluding carboxylic acids is 1. The predicted octanol–water partition coefficient (Wildman–Crippen LogP) is 5.94. The highest BCUT2D eigenvalue weighted by molar-refractivity contribution is 5.69. The number of hydrogen-bond acceptors (Lipinski definition) is 1. The Morgan fingerprint density at radius 2 is 2.18 bits per heavy atom. The molecule has 0 aromatic heterocycles. The van der Waals surface area contributed by atoms with Gasteiger partial charge < -0.3 is 0 Å². The molecule has 120 valence electrons. The van der Waals surface area contributed by atoms with Gasteiger partial charge in [-0.3, -0.25) is 4.79 Å². The van der Waals surface area contributed by atoms with Gasteiger partial charge in [0.1, 0.15) is 6.29 Å². The summed E-state index contributed by atoms with van der Waals surface area (Å²) in [5.74, 6) is 0.614. The summed E-state index contributed by atoms with van der Waals surface area (Å²) in [6.07, 6.45) is 16.4. The van der Waals surface area contributed by atoms with Crippen LogP contribution in [-0.4, -0.2) is 6.29 Å². The lowest BCUT2D eigenvalue weighted by molar-refractivity contribution is -0.104. The van der Waals surface area contributed by atoms with Crippen molar-refractivity contribution in [2.45, 2.75) is 66.2 Å². The third kappa shape index (κ3) is 4.09. The van der Waals surface area contributed by atoms with Crippen LogP contribution < -0.4 is 0 Å². The van der Waals surface area contributed by atoms with Gasteiger partial charge in [-0.2, -0.15) is 0 Å². The Bertz CT molecular complexity index is 540. The van der Waals surface area contributed by atoms with Gasteiger partial charge in [0, 0.05) is 0 Å². The van der Waals surface area contributed by atoms with Crippen molar-refractivity contribution in [3.05, 3.63) is 46.6 Å². The molecule has 0 saturated carbocycles. The van der Waals surface area contributed by atoms with Crippen LogP contribution in [0.25, 0.3) is 0 Å². The molecule has 0 spiro atoms. The fourth-order valence-electron chi connectivity index (χ4n) is 3.86. The van der Waals surface area contributed by atoms with Crippen LogP contribution in [0, 0.1) is 11.3 Å². The van der Waals surface area contributed by atoms with Gasteiger partial charge in [0.2, 0.25) is 0 Å². The van der Waals surface area contributed by atoms with Crippen molar-refractivity contribution in [2.24, 2.45) is 11.3 Å². The number of rotatable bonds is 5. The molecule has 0 N–H and O–H groups in total. The Morgan fingerprint density at radius 3 is 2.77 bits per heavy atom. The van der Waals surface area contributed by atoms with E-state index >= 15 is 0 Å². The van der Waals surface area contributed by atoms with E-state index in [2.05, 4.69) is 45.9 Å². The fourth-order valence-corrected chi connectivity index (χ4v) is 3.86. The quantitative estimate of drug-likeness (QED) is 0.349. The Hall–Kier alpha value is -1.37. The summed E-state index contributed by atoms with van der Waals surface area (Å²) >= 11 is 0. The minimum absolute atomic E-state index is 0.319. The lowest BCUT2D eigenvalue weighted by Crippen LogP contribution is -2.20. The maximum atomic E-state index is 11.0. The summed E-state index contributed by atoms with van der Waals surface area (Å²) < 4.78 is 0. The van der Waals surface area contributed by atoms with Gasteiger partial charge >= 0.3 is 0 Å². The molecule has 1 atom stereocenters. The fraction of sp³-hybridized carbons (Fsp3) is 0.571. The van der Waals surface area contributed by atoms with Gasteiger partial charge in [-0.05, 0) is 74.0 Å². The molecule has 2 aliphatic rings. The molecule has 0 heterocycles. The molecule has 2 rings (SSSR count). The van der Waals surface area contributed by atoms with Gasteiger partial charge in [0.05, 0.1) is 0 Å². The van der Waals surface area contributed by atoms with Crippen molar-refractivity contribution in [1.82, 2.24) is 0 Å². The molecule has 2 aliphatic carbocycles. The van der Waals surface area contributed by atoms with E-state index in [1.807, 2.05) is 0 Å². The maximum Gasteiger partial charge on any atom is 0.143 e. The Morgan fingerprint density at radius 1 is 1.41 bits per heavy atom. The van der Waals surface area contributed by atoms with Crippen LogP contribution in [0.2, 0.25) is 0 Å². The predicted molar refractivity (Wildman–Crippen MR) is 94.7 cm³/mol. The molecule has 0 bridgehead atoms. The highest BCUT2D eigenvalue weighted by atomic mass is 16.1. The molecular weight excluding hydrogens is 268 g/mol. The third-order valence-electron chi connectivity index (χ3n) is 5.28. The minimum atomic E-state index is 0.319. The first kappa shape index (κ1) is 17.0. The summed E-state index contributed by atoms with van der Waals surface area (Å²) in [6, 6.07) is 0. The average Bonchev–Trinajstić information content (AvgIpc) is 2.46. The second kappa shape index (κ2) is 7.26. The van der Waals surface area contributed by atoms with Crippen LogP contribution in [0.4, 0.5) is 0 Å². The van der Waals surface area contributed by atoms with Crippen LogP contribution >= 0.6 is 0 Å². The molecule has 0 radical (unpaired) electrons. The lowest BCUT2D eigenvalue weighted by Gasteiger charge is -2.35. The normalized spacial score (nSPS) is 25.2. The summed E-state index contributed by atoms with van der Waals surface area (Å²) in [4.78, 5) is 11.0. The molecule has 0 amide bonds. The second-order valence-electron chi connectivity index (χ2n) is 7.56. The van der Waals surface area contributed by atoms with Gasteiger partial charge in [0.25, 0.3) is 0 Å². The Kier molecular flexibility index (Phi) is 5.61. The number of aldehydes is 1. The van der Waals surface area contributed by atoms with E-state index in [1.54, 1.807) is 17.2 Å². The zero-order valence-electron chi connectivity index (χ0n) is 14.6. The van der Waals surface area contributed by atoms with Crippen LogP contribution in [0.3, 0.4) is 0 Å². The first-order valence-electron chi connectivity index (χ1n) is 8.66. The molecule has 0 fully saturated rings. The van der Waals surface area contributed by atoms with E-state index in [4.69, 9.17) is 0 Å². The molecule has 1 nitrogen and oxygen atoms in total. The lowest BCUT2D eigenvalue weighted by atomic mass is 9.71.